The lowest BCUT2D eigenvalue weighted by atomic mass is 10.3. The first-order chi connectivity index (χ1) is 11.7. The molecule has 2 rings (SSSR count). The van der Waals surface area contributed by atoms with Gasteiger partial charge in [-0.05, 0) is 36.4 Å². The van der Waals surface area contributed by atoms with Crippen molar-refractivity contribution in [2.24, 2.45) is 0 Å². The fourth-order valence-electron chi connectivity index (χ4n) is 1.79. The Morgan fingerprint density at radius 2 is 1.64 bits per heavy atom. The summed E-state index contributed by atoms with van der Waals surface area (Å²) in [5.41, 5.74) is 0.282. The zero-order valence-electron chi connectivity index (χ0n) is 12.4. The van der Waals surface area contributed by atoms with E-state index in [9.17, 15) is 22.0 Å². The second kappa shape index (κ2) is 8.35. The number of hydrogen-bond acceptors (Lipinski definition) is 4. The van der Waals surface area contributed by atoms with Crippen LogP contribution in [0.2, 0.25) is 10.0 Å². The minimum Gasteiger partial charge on any atom is -0.325 e. The molecule has 25 heavy (non-hydrogen) atoms. The normalized spacial score (nSPS) is 11.6. The molecule has 0 unspecified atom stereocenters. The molecule has 0 aromatic heterocycles. The van der Waals surface area contributed by atoms with Crippen LogP contribution in [-0.2, 0) is 14.6 Å². The van der Waals surface area contributed by atoms with Crippen LogP contribution in [0.1, 0.15) is 0 Å². The Kier molecular flexibility index (Phi) is 6.67. The Bertz CT molecular complexity index is 855. The third-order valence-corrected chi connectivity index (χ3v) is 6.36. The lowest BCUT2D eigenvalue weighted by Crippen LogP contribution is -2.15. The summed E-state index contributed by atoms with van der Waals surface area (Å²) in [5.74, 6) is -3.87. The third-order valence-electron chi connectivity index (χ3n) is 2.97. The molecular formula is C15H11Cl2F2NO3S2. The highest BCUT2D eigenvalue weighted by atomic mass is 35.5. The van der Waals surface area contributed by atoms with Crippen LogP contribution in [0, 0.1) is 0 Å². The summed E-state index contributed by atoms with van der Waals surface area (Å²) < 4.78 is 47.6. The fraction of sp³-hybridized carbons (Fsp3) is 0.133. The van der Waals surface area contributed by atoms with Gasteiger partial charge in [-0.2, -0.15) is 8.78 Å². The zero-order valence-corrected chi connectivity index (χ0v) is 15.5. The van der Waals surface area contributed by atoms with Gasteiger partial charge in [-0.15, -0.1) is 11.8 Å². The number of nitrogens with one attached hydrogen (secondary N) is 1. The largest absolute Gasteiger partial charge is 0.341 e. The molecule has 0 aliphatic carbocycles. The average Bonchev–Trinajstić information content (AvgIpc) is 2.54. The summed E-state index contributed by atoms with van der Waals surface area (Å²) in [6, 6.07) is 9.47. The van der Waals surface area contributed by atoms with Crippen LogP contribution in [0.3, 0.4) is 0 Å². The van der Waals surface area contributed by atoms with Crippen molar-refractivity contribution in [3.63, 3.8) is 0 Å². The molecule has 0 saturated heterocycles. The first kappa shape index (κ1) is 20.0. The van der Waals surface area contributed by atoms with Gasteiger partial charge < -0.3 is 5.32 Å². The molecule has 0 aliphatic rings. The number of carbonyl (C=O) groups excluding carboxylic acids is 1. The van der Waals surface area contributed by atoms with Gasteiger partial charge in [-0.3, -0.25) is 4.79 Å². The van der Waals surface area contributed by atoms with Crippen molar-refractivity contribution in [2.75, 3.05) is 11.1 Å². The van der Waals surface area contributed by atoms with Gasteiger partial charge in [0.05, 0.1) is 20.7 Å². The van der Waals surface area contributed by atoms with Crippen molar-refractivity contribution >= 4 is 56.4 Å². The van der Waals surface area contributed by atoms with Crippen molar-refractivity contribution in [3.05, 3.63) is 52.5 Å². The number of benzene rings is 2. The molecule has 1 N–H and O–H groups in total. The molecule has 0 saturated carbocycles. The zero-order chi connectivity index (χ0) is 18.6. The number of carbonyl (C=O) groups is 1. The number of sulfone groups is 1. The molecule has 2 aromatic carbocycles. The van der Waals surface area contributed by atoms with Crippen LogP contribution in [0.15, 0.2) is 52.3 Å². The van der Waals surface area contributed by atoms with Crippen LogP contribution >= 0.6 is 35.0 Å². The van der Waals surface area contributed by atoms with E-state index in [0.29, 0.717) is 14.9 Å². The first-order valence-corrected chi connectivity index (χ1v) is 9.99. The lowest BCUT2D eigenvalue weighted by molar-refractivity contribution is -0.113. The number of anilines is 1. The highest BCUT2D eigenvalue weighted by Gasteiger charge is 2.26. The number of thioether (sulfide) groups is 1. The van der Waals surface area contributed by atoms with Crippen molar-refractivity contribution in [1.29, 1.82) is 0 Å². The molecule has 0 bridgehead atoms. The Morgan fingerprint density at radius 3 is 2.16 bits per heavy atom. The Balaban J connectivity index is 1.99. The fourth-order valence-corrected chi connectivity index (χ4v) is 3.99. The monoisotopic (exact) mass is 425 g/mol. The molecule has 0 fully saturated rings. The number of alkyl halides is 2. The highest BCUT2D eigenvalue weighted by Crippen LogP contribution is 2.33. The molecule has 2 aromatic rings. The van der Waals surface area contributed by atoms with Crippen molar-refractivity contribution < 1.29 is 22.0 Å². The molecule has 10 heteroatoms. The minimum absolute atomic E-state index is 0.0144. The predicted octanol–water partition coefficient (Wildman–Crippen LogP) is 4.72. The summed E-state index contributed by atoms with van der Waals surface area (Å²) in [7, 11) is -4.66. The van der Waals surface area contributed by atoms with E-state index in [2.05, 4.69) is 5.32 Å². The Labute approximate surface area is 157 Å². The molecule has 134 valence electrons. The van der Waals surface area contributed by atoms with Crippen LogP contribution in [0.4, 0.5) is 14.5 Å². The molecule has 0 spiro atoms. The molecule has 0 heterocycles. The van der Waals surface area contributed by atoms with E-state index in [1.165, 1.54) is 12.1 Å². The van der Waals surface area contributed by atoms with Crippen LogP contribution in [0.25, 0.3) is 0 Å². The predicted molar refractivity (Wildman–Crippen MR) is 95.4 cm³/mol. The number of rotatable bonds is 6. The van der Waals surface area contributed by atoms with Gasteiger partial charge in [0.2, 0.25) is 15.7 Å². The summed E-state index contributed by atoms with van der Waals surface area (Å²) in [5, 5.41) is 3.38. The van der Waals surface area contributed by atoms with Gasteiger partial charge in [0.25, 0.3) is 0 Å². The number of amides is 1. The van der Waals surface area contributed by atoms with E-state index in [0.717, 1.165) is 23.9 Å². The van der Waals surface area contributed by atoms with E-state index in [1.54, 1.807) is 18.2 Å². The number of halogens is 4. The first-order valence-electron chi connectivity index (χ1n) is 6.70. The maximum absolute atomic E-state index is 12.5. The summed E-state index contributed by atoms with van der Waals surface area (Å²) in [6.07, 6.45) is 0. The van der Waals surface area contributed by atoms with E-state index >= 15 is 0 Å². The number of hydrogen-bond donors (Lipinski definition) is 1. The van der Waals surface area contributed by atoms with Gasteiger partial charge in [0.1, 0.15) is 0 Å². The van der Waals surface area contributed by atoms with E-state index in [-0.39, 0.29) is 17.3 Å². The average molecular weight is 426 g/mol. The van der Waals surface area contributed by atoms with Crippen LogP contribution in [0.5, 0.6) is 0 Å². The highest BCUT2D eigenvalue weighted by molar-refractivity contribution is 8.00. The maximum atomic E-state index is 12.5. The van der Waals surface area contributed by atoms with E-state index in [1.807, 2.05) is 0 Å². The second-order valence-electron chi connectivity index (χ2n) is 4.72. The summed E-state index contributed by atoms with van der Waals surface area (Å²) >= 11 is 13.1. The SMILES string of the molecule is O=C(CSc1c(Cl)cccc1Cl)Nc1ccc(S(=O)(=O)C(F)F)cc1. The van der Waals surface area contributed by atoms with Crippen molar-refractivity contribution in [2.45, 2.75) is 15.5 Å². The molecule has 0 atom stereocenters. The quantitative estimate of drug-likeness (QED) is 0.679. The maximum Gasteiger partial charge on any atom is 0.341 e. The summed E-state index contributed by atoms with van der Waals surface area (Å²) in [4.78, 5) is 12.0. The Morgan fingerprint density at radius 1 is 1.08 bits per heavy atom. The summed E-state index contributed by atoms with van der Waals surface area (Å²) in [6.45, 7) is 0. The standard InChI is InChI=1S/C15H11Cl2F2NO3S2/c16-11-2-1-3-12(17)14(11)24-8-13(21)20-9-4-6-10(7-5-9)25(22,23)15(18)19/h1-7,15H,8H2,(H,20,21). The van der Waals surface area contributed by atoms with Crippen molar-refractivity contribution in [1.82, 2.24) is 0 Å². The van der Waals surface area contributed by atoms with E-state index < -0.39 is 20.5 Å². The van der Waals surface area contributed by atoms with E-state index in [4.69, 9.17) is 23.2 Å². The minimum atomic E-state index is -4.66. The molecule has 0 aliphatic heterocycles. The van der Waals surface area contributed by atoms with Gasteiger partial charge >= 0.3 is 5.76 Å². The second-order valence-corrected chi connectivity index (χ2v) is 8.44. The van der Waals surface area contributed by atoms with Crippen LogP contribution in [-0.4, -0.2) is 25.8 Å². The van der Waals surface area contributed by atoms with Gasteiger partial charge in [-0.1, -0.05) is 29.3 Å². The Hall–Kier alpha value is -1.35. The molecule has 1 amide bonds. The van der Waals surface area contributed by atoms with Crippen molar-refractivity contribution in [3.8, 4) is 0 Å². The van der Waals surface area contributed by atoms with Crippen LogP contribution < -0.4 is 5.32 Å². The molecular weight excluding hydrogens is 415 g/mol. The third kappa shape index (κ3) is 5.07. The smallest absolute Gasteiger partial charge is 0.325 e. The topological polar surface area (TPSA) is 63.2 Å². The lowest BCUT2D eigenvalue weighted by Gasteiger charge is -2.08. The van der Waals surface area contributed by atoms with Gasteiger partial charge in [0.15, 0.2) is 0 Å². The van der Waals surface area contributed by atoms with Gasteiger partial charge in [0, 0.05) is 10.6 Å². The van der Waals surface area contributed by atoms with Gasteiger partial charge in [-0.25, -0.2) is 8.42 Å². The molecule has 4 nitrogen and oxygen atoms in total. The molecule has 0 radical (unpaired) electrons.